The SMILES string of the molecule is CCc1ccc(N=Cc2ccc[nH]2)c(CC)c1. The van der Waals surface area contributed by atoms with Crippen molar-refractivity contribution < 1.29 is 0 Å². The lowest BCUT2D eigenvalue weighted by atomic mass is 10.1. The summed E-state index contributed by atoms with van der Waals surface area (Å²) in [6.45, 7) is 4.35. The fourth-order valence-corrected chi connectivity index (χ4v) is 1.83. The summed E-state index contributed by atoms with van der Waals surface area (Å²) in [4.78, 5) is 7.66. The minimum atomic E-state index is 1.02. The maximum Gasteiger partial charge on any atom is 0.0662 e. The van der Waals surface area contributed by atoms with Crippen molar-refractivity contribution in [1.82, 2.24) is 4.98 Å². The van der Waals surface area contributed by atoms with Gasteiger partial charge in [-0.25, -0.2) is 0 Å². The van der Waals surface area contributed by atoms with Crippen LogP contribution in [0.4, 0.5) is 5.69 Å². The maximum absolute atomic E-state index is 4.54. The van der Waals surface area contributed by atoms with Gasteiger partial charge in [0.15, 0.2) is 0 Å². The minimum Gasteiger partial charge on any atom is -0.360 e. The summed E-state index contributed by atoms with van der Waals surface area (Å²) < 4.78 is 0. The molecule has 2 nitrogen and oxygen atoms in total. The Labute approximate surface area is 102 Å². The molecular weight excluding hydrogens is 208 g/mol. The van der Waals surface area contributed by atoms with Gasteiger partial charge in [-0.1, -0.05) is 26.0 Å². The molecule has 0 saturated heterocycles. The van der Waals surface area contributed by atoms with E-state index < -0.39 is 0 Å². The normalized spacial score (nSPS) is 11.2. The number of nitrogens with zero attached hydrogens (tertiary/aromatic N) is 1. The van der Waals surface area contributed by atoms with E-state index in [-0.39, 0.29) is 0 Å². The second-order valence-electron chi connectivity index (χ2n) is 4.05. The Morgan fingerprint density at radius 2 is 2.06 bits per heavy atom. The van der Waals surface area contributed by atoms with Gasteiger partial charge in [0.2, 0.25) is 0 Å². The summed E-state index contributed by atoms with van der Waals surface area (Å²) in [5.74, 6) is 0. The number of benzene rings is 1. The number of aryl methyl sites for hydroxylation is 2. The van der Waals surface area contributed by atoms with E-state index in [1.165, 1.54) is 11.1 Å². The lowest BCUT2D eigenvalue weighted by Crippen LogP contribution is -1.87. The zero-order valence-electron chi connectivity index (χ0n) is 10.4. The van der Waals surface area contributed by atoms with Crippen LogP contribution in [0.25, 0.3) is 0 Å². The number of hydrogen-bond donors (Lipinski definition) is 1. The number of aliphatic imine (C=N–C) groups is 1. The smallest absolute Gasteiger partial charge is 0.0662 e. The molecule has 17 heavy (non-hydrogen) atoms. The van der Waals surface area contributed by atoms with Crippen LogP contribution in [0.1, 0.15) is 30.7 Å². The van der Waals surface area contributed by atoms with Crippen LogP contribution in [-0.4, -0.2) is 11.2 Å². The van der Waals surface area contributed by atoms with Gasteiger partial charge in [0, 0.05) is 6.20 Å². The first-order valence-corrected chi connectivity index (χ1v) is 6.12. The predicted octanol–water partition coefficient (Wildman–Crippen LogP) is 3.89. The Morgan fingerprint density at radius 1 is 1.18 bits per heavy atom. The lowest BCUT2D eigenvalue weighted by molar-refractivity contribution is 1.08. The second-order valence-corrected chi connectivity index (χ2v) is 4.05. The molecule has 1 heterocycles. The third-order valence-corrected chi connectivity index (χ3v) is 2.90. The van der Waals surface area contributed by atoms with Gasteiger partial charge in [0.1, 0.15) is 0 Å². The van der Waals surface area contributed by atoms with Crippen molar-refractivity contribution >= 4 is 11.9 Å². The van der Waals surface area contributed by atoms with Crippen LogP contribution in [0.2, 0.25) is 0 Å². The summed E-state index contributed by atoms with van der Waals surface area (Å²) >= 11 is 0. The highest BCUT2D eigenvalue weighted by atomic mass is 14.8. The van der Waals surface area contributed by atoms with E-state index in [4.69, 9.17) is 0 Å². The van der Waals surface area contributed by atoms with Gasteiger partial charge in [0.25, 0.3) is 0 Å². The number of nitrogens with one attached hydrogen (secondary N) is 1. The average molecular weight is 226 g/mol. The first-order chi connectivity index (χ1) is 8.33. The summed E-state index contributed by atoms with van der Waals surface area (Å²) in [5, 5.41) is 0. The van der Waals surface area contributed by atoms with Crippen LogP contribution in [0.5, 0.6) is 0 Å². The van der Waals surface area contributed by atoms with Gasteiger partial charge >= 0.3 is 0 Å². The van der Waals surface area contributed by atoms with Crippen molar-refractivity contribution in [3.05, 3.63) is 53.3 Å². The van der Waals surface area contributed by atoms with Gasteiger partial charge in [-0.05, 0) is 42.2 Å². The van der Waals surface area contributed by atoms with Gasteiger partial charge < -0.3 is 4.98 Å². The number of aromatic amines is 1. The monoisotopic (exact) mass is 226 g/mol. The number of H-pyrrole nitrogens is 1. The molecule has 0 radical (unpaired) electrons. The molecule has 0 aliphatic carbocycles. The van der Waals surface area contributed by atoms with Crippen molar-refractivity contribution in [3.63, 3.8) is 0 Å². The highest BCUT2D eigenvalue weighted by molar-refractivity contribution is 5.80. The average Bonchev–Trinajstić information content (AvgIpc) is 2.89. The van der Waals surface area contributed by atoms with Crippen LogP contribution in [0.15, 0.2) is 41.5 Å². The molecule has 0 aliphatic rings. The zero-order valence-corrected chi connectivity index (χ0v) is 10.4. The molecule has 0 spiro atoms. The molecule has 0 amide bonds. The lowest BCUT2D eigenvalue weighted by Gasteiger charge is -2.05. The van der Waals surface area contributed by atoms with E-state index >= 15 is 0 Å². The summed E-state index contributed by atoms with van der Waals surface area (Å²) in [6.07, 6.45) is 5.88. The van der Waals surface area contributed by atoms with Crippen molar-refractivity contribution in [2.45, 2.75) is 26.7 Å². The Bertz CT molecular complexity index is 496. The van der Waals surface area contributed by atoms with E-state index in [1.54, 1.807) is 0 Å². The third-order valence-electron chi connectivity index (χ3n) is 2.90. The molecular formula is C15H18N2. The highest BCUT2D eigenvalue weighted by Gasteiger charge is 2.00. The Morgan fingerprint density at radius 3 is 2.71 bits per heavy atom. The third kappa shape index (κ3) is 2.84. The summed E-state index contributed by atoms with van der Waals surface area (Å²) in [7, 11) is 0. The topological polar surface area (TPSA) is 28.1 Å². The molecule has 1 N–H and O–H groups in total. The molecule has 0 aliphatic heterocycles. The Balaban J connectivity index is 2.26. The summed E-state index contributed by atoms with van der Waals surface area (Å²) in [5.41, 5.74) is 4.79. The molecule has 2 rings (SSSR count). The molecule has 0 unspecified atom stereocenters. The van der Waals surface area contributed by atoms with E-state index in [0.717, 1.165) is 24.2 Å². The van der Waals surface area contributed by atoms with Crippen LogP contribution in [0, 0.1) is 0 Å². The number of rotatable bonds is 4. The largest absolute Gasteiger partial charge is 0.360 e. The molecule has 2 heteroatoms. The van der Waals surface area contributed by atoms with E-state index in [1.807, 2.05) is 24.5 Å². The molecule has 0 fully saturated rings. The molecule has 88 valence electrons. The van der Waals surface area contributed by atoms with Crippen molar-refractivity contribution in [3.8, 4) is 0 Å². The van der Waals surface area contributed by atoms with E-state index in [9.17, 15) is 0 Å². The highest BCUT2D eigenvalue weighted by Crippen LogP contribution is 2.21. The maximum atomic E-state index is 4.54. The van der Waals surface area contributed by atoms with Crippen molar-refractivity contribution in [1.29, 1.82) is 0 Å². The predicted molar refractivity (Wildman–Crippen MR) is 73.2 cm³/mol. The van der Waals surface area contributed by atoms with Crippen LogP contribution in [0.3, 0.4) is 0 Å². The minimum absolute atomic E-state index is 1.02. The molecule has 0 saturated carbocycles. The van der Waals surface area contributed by atoms with Crippen LogP contribution in [-0.2, 0) is 12.8 Å². The molecule has 0 atom stereocenters. The fraction of sp³-hybridized carbons (Fsp3) is 0.267. The van der Waals surface area contributed by atoms with E-state index in [2.05, 4.69) is 42.0 Å². The number of hydrogen-bond acceptors (Lipinski definition) is 1. The van der Waals surface area contributed by atoms with Crippen molar-refractivity contribution in [2.75, 3.05) is 0 Å². The molecule has 1 aromatic heterocycles. The standard InChI is InChI=1S/C15H18N2/c1-3-12-7-8-15(13(4-2)10-12)17-11-14-6-5-9-16-14/h5-11,16H,3-4H2,1-2H3. The second kappa shape index (κ2) is 5.48. The first-order valence-electron chi connectivity index (χ1n) is 6.12. The van der Waals surface area contributed by atoms with Gasteiger partial charge in [-0.3, -0.25) is 4.99 Å². The van der Waals surface area contributed by atoms with Gasteiger partial charge in [-0.15, -0.1) is 0 Å². The molecule has 2 aromatic rings. The van der Waals surface area contributed by atoms with Crippen LogP contribution < -0.4 is 0 Å². The fourth-order valence-electron chi connectivity index (χ4n) is 1.83. The molecule has 0 bridgehead atoms. The number of aromatic nitrogens is 1. The van der Waals surface area contributed by atoms with Crippen LogP contribution >= 0.6 is 0 Å². The van der Waals surface area contributed by atoms with Gasteiger partial charge in [-0.2, -0.15) is 0 Å². The van der Waals surface area contributed by atoms with E-state index in [0.29, 0.717) is 0 Å². The molecule has 1 aromatic carbocycles. The Kier molecular flexibility index (Phi) is 3.76. The summed E-state index contributed by atoms with van der Waals surface area (Å²) in [6, 6.07) is 10.5. The Hall–Kier alpha value is -1.83. The quantitative estimate of drug-likeness (QED) is 0.766. The van der Waals surface area contributed by atoms with Gasteiger partial charge in [0.05, 0.1) is 17.6 Å². The van der Waals surface area contributed by atoms with Crippen molar-refractivity contribution in [2.24, 2.45) is 4.99 Å². The zero-order chi connectivity index (χ0) is 12.1. The first kappa shape index (κ1) is 11.6.